The molecular formula is C18H23BrN2O2. The van der Waals surface area contributed by atoms with Gasteiger partial charge in [0, 0.05) is 36.9 Å². The summed E-state index contributed by atoms with van der Waals surface area (Å²) in [4.78, 5) is 14.9. The number of hydrogen-bond acceptors (Lipinski definition) is 2. The minimum absolute atomic E-state index is 0.0188. The molecule has 1 aromatic carbocycles. The molecule has 1 heterocycles. The van der Waals surface area contributed by atoms with Gasteiger partial charge in [0.15, 0.2) is 0 Å². The van der Waals surface area contributed by atoms with Crippen LogP contribution in [0, 0.1) is 0 Å². The molecule has 1 amide bonds. The fourth-order valence-corrected chi connectivity index (χ4v) is 2.90. The van der Waals surface area contributed by atoms with Crippen LogP contribution in [0.2, 0.25) is 0 Å². The summed E-state index contributed by atoms with van der Waals surface area (Å²) in [6.07, 6.45) is 1.95. The van der Waals surface area contributed by atoms with E-state index in [1.54, 1.807) is 7.11 Å². The van der Waals surface area contributed by atoms with Crippen molar-refractivity contribution < 1.29 is 9.53 Å². The summed E-state index contributed by atoms with van der Waals surface area (Å²) in [6, 6.07) is 12.1. The molecule has 4 nitrogen and oxygen atoms in total. The third kappa shape index (κ3) is 4.69. The van der Waals surface area contributed by atoms with Crippen molar-refractivity contribution in [2.24, 2.45) is 0 Å². The van der Waals surface area contributed by atoms with E-state index in [-0.39, 0.29) is 11.9 Å². The maximum absolute atomic E-state index is 13.0. The maximum atomic E-state index is 13.0. The van der Waals surface area contributed by atoms with E-state index in [4.69, 9.17) is 4.74 Å². The molecule has 23 heavy (non-hydrogen) atoms. The molecule has 0 unspecified atom stereocenters. The Morgan fingerprint density at radius 1 is 1.30 bits per heavy atom. The van der Waals surface area contributed by atoms with Crippen LogP contribution < -0.4 is 0 Å². The average molecular weight is 379 g/mol. The van der Waals surface area contributed by atoms with Gasteiger partial charge in [-0.3, -0.25) is 4.79 Å². The monoisotopic (exact) mass is 378 g/mol. The zero-order valence-electron chi connectivity index (χ0n) is 13.8. The molecule has 0 spiro atoms. The van der Waals surface area contributed by atoms with Crippen molar-refractivity contribution in [2.45, 2.75) is 26.4 Å². The van der Waals surface area contributed by atoms with Crippen LogP contribution in [-0.4, -0.2) is 35.6 Å². The summed E-state index contributed by atoms with van der Waals surface area (Å²) >= 11 is 3.47. The van der Waals surface area contributed by atoms with Gasteiger partial charge in [-0.05, 0) is 41.4 Å². The van der Waals surface area contributed by atoms with Crippen LogP contribution in [0.4, 0.5) is 0 Å². The third-order valence-electron chi connectivity index (χ3n) is 3.66. The second-order valence-electron chi connectivity index (χ2n) is 5.75. The van der Waals surface area contributed by atoms with Crippen molar-refractivity contribution in [3.8, 4) is 0 Å². The van der Waals surface area contributed by atoms with E-state index in [1.165, 1.54) is 0 Å². The van der Waals surface area contributed by atoms with E-state index in [0.717, 1.165) is 10.0 Å². The lowest BCUT2D eigenvalue weighted by Crippen LogP contribution is -2.34. The molecule has 0 fully saturated rings. The molecule has 1 aromatic heterocycles. The number of methoxy groups -OCH3 is 1. The van der Waals surface area contributed by atoms with E-state index >= 15 is 0 Å². The summed E-state index contributed by atoms with van der Waals surface area (Å²) in [6.45, 7) is 5.79. The highest BCUT2D eigenvalue weighted by atomic mass is 79.9. The lowest BCUT2D eigenvalue weighted by Gasteiger charge is -2.24. The van der Waals surface area contributed by atoms with Gasteiger partial charge in [-0.1, -0.05) is 30.3 Å². The van der Waals surface area contributed by atoms with Crippen molar-refractivity contribution in [2.75, 3.05) is 20.3 Å². The number of rotatable bonds is 7. The van der Waals surface area contributed by atoms with Crippen LogP contribution in [0.15, 0.2) is 47.1 Å². The highest BCUT2D eigenvalue weighted by Gasteiger charge is 2.21. The number of hydrogen-bond donors (Lipinski definition) is 0. The van der Waals surface area contributed by atoms with Gasteiger partial charge < -0.3 is 14.2 Å². The van der Waals surface area contributed by atoms with E-state index < -0.39 is 0 Å². The lowest BCUT2D eigenvalue weighted by molar-refractivity contribution is 0.0668. The van der Waals surface area contributed by atoms with Gasteiger partial charge in [0.1, 0.15) is 5.69 Å². The molecule has 2 aromatic rings. The molecule has 0 saturated heterocycles. The highest BCUT2D eigenvalue weighted by Crippen LogP contribution is 2.21. The average Bonchev–Trinajstić information content (AvgIpc) is 2.94. The Labute approximate surface area is 146 Å². The third-order valence-corrected chi connectivity index (χ3v) is 4.09. The zero-order chi connectivity index (χ0) is 16.8. The fourth-order valence-electron chi connectivity index (χ4n) is 2.46. The Kier molecular flexibility index (Phi) is 6.42. The van der Waals surface area contributed by atoms with Crippen molar-refractivity contribution in [1.82, 2.24) is 9.47 Å². The maximum Gasteiger partial charge on any atom is 0.270 e. The van der Waals surface area contributed by atoms with Gasteiger partial charge >= 0.3 is 0 Å². The molecule has 0 saturated carbocycles. The number of aromatic nitrogens is 1. The fraction of sp³-hybridized carbons (Fsp3) is 0.389. The molecule has 0 bridgehead atoms. The van der Waals surface area contributed by atoms with E-state index in [1.807, 2.05) is 52.1 Å². The topological polar surface area (TPSA) is 34.5 Å². The van der Waals surface area contributed by atoms with E-state index in [2.05, 4.69) is 29.8 Å². The smallest absolute Gasteiger partial charge is 0.270 e. The highest BCUT2D eigenvalue weighted by molar-refractivity contribution is 9.10. The molecule has 5 heteroatoms. The summed E-state index contributed by atoms with van der Waals surface area (Å²) in [7, 11) is 1.65. The van der Waals surface area contributed by atoms with Crippen LogP contribution in [0.5, 0.6) is 0 Å². The summed E-state index contributed by atoms with van der Waals surface area (Å²) in [5.41, 5.74) is 1.80. The van der Waals surface area contributed by atoms with Gasteiger partial charge in [-0.15, -0.1) is 0 Å². The second kappa shape index (κ2) is 8.31. The normalized spacial score (nSPS) is 11.0. The molecule has 0 radical (unpaired) electrons. The Hall–Kier alpha value is -1.59. The molecule has 0 N–H and O–H groups in total. The minimum atomic E-state index is 0.0188. The summed E-state index contributed by atoms with van der Waals surface area (Å²) in [5.74, 6) is 0.0188. The largest absolute Gasteiger partial charge is 0.383 e. The van der Waals surface area contributed by atoms with Gasteiger partial charge in [0.2, 0.25) is 0 Å². The minimum Gasteiger partial charge on any atom is -0.383 e. The Bertz CT molecular complexity index is 638. The quantitative estimate of drug-likeness (QED) is 0.725. The number of carbonyl (C=O) groups excluding carboxylic acids is 1. The summed E-state index contributed by atoms with van der Waals surface area (Å²) in [5, 5.41) is 0. The molecule has 124 valence electrons. The van der Waals surface area contributed by atoms with Crippen molar-refractivity contribution >= 4 is 21.8 Å². The van der Waals surface area contributed by atoms with Crippen LogP contribution in [0.1, 0.15) is 35.9 Å². The van der Waals surface area contributed by atoms with E-state index in [9.17, 15) is 4.79 Å². The van der Waals surface area contributed by atoms with Crippen molar-refractivity contribution in [1.29, 1.82) is 0 Å². The number of amides is 1. The number of benzene rings is 1. The van der Waals surface area contributed by atoms with Crippen LogP contribution in [-0.2, 0) is 11.3 Å². The number of nitrogens with zero attached hydrogens (tertiary/aromatic N) is 2. The number of halogens is 1. The first-order valence-electron chi connectivity index (χ1n) is 7.72. The predicted molar refractivity (Wildman–Crippen MR) is 95.6 cm³/mol. The number of ether oxygens (including phenoxy) is 1. The lowest BCUT2D eigenvalue weighted by atomic mass is 10.2. The summed E-state index contributed by atoms with van der Waals surface area (Å²) < 4.78 is 8.08. The van der Waals surface area contributed by atoms with Gasteiger partial charge in [0.25, 0.3) is 5.91 Å². The Morgan fingerprint density at radius 3 is 2.61 bits per heavy atom. The SMILES string of the molecule is COCCN(Cc1ccccc1)C(=O)c1cc(Br)cn1C(C)C. The van der Waals surface area contributed by atoms with Gasteiger partial charge in [0.05, 0.1) is 6.61 Å². The first-order valence-corrected chi connectivity index (χ1v) is 8.51. The zero-order valence-corrected chi connectivity index (χ0v) is 15.4. The van der Waals surface area contributed by atoms with Crippen LogP contribution >= 0.6 is 15.9 Å². The Balaban J connectivity index is 2.26. The molecule has 2 rings (SSSR count). The molecule has 0 atom stereocenters. The van der Waals surface area contributed by atoms with Gasteiger partial charge in [-0.2, -0.15) is 0 Å². The number of carbonyl (C=O) groups is 1. The molecule has 0 aliphatic carbocycles. The first-order chi connectivity index (χ1) is 11.0. The van der Waals surface area contributed by atoms with E-state index in [0.29, 0.717) is 25.4 Å². The van der Waals surface area contributed by atoms with Crippen LogP contribution in [0.3, 0.4) is 0 Å². The second-order valence-corrected chi connectivity index (χ2v) is 6.67. The molecule has 0 aliphatic rings. The van der Waals surface area contributed by atoms with Crippen molar-refractivity contribution in [3.63, 3.8) is 0 Å². The molecule has 0 aliphatic heterocycles. The van der Waals surface area contributed by atoms with Crippen molar-refractivity contribution in [3.05, 3.63) is 58.3 Å². The molecular weight excluding hydrogens is 356 g/mol. The Morgan fingerprint density at radius 2 is 2.00 bits per heavy atom. The standard InChI is InChI=1S/C18H23BrN2O2/c1-14(2)21-13-16(19)11-17(21)18(22)20(9-10-23-3)12-15-7-5-4-6-8-15/h4-8,11,13-14H,9-10,12H2,1-3H3. The van der Waals surface area contributed by atoms with Crippen LogP contribution in [0.25, 0.3) is 0 Å². The van der Waals surface area contributed by atoms with Gasteiger partial charge in [-0.25, -0.2) is 0 Å². The first kappa shape index (κ1) is 17.8. The predicted octanol–water partition coefficient (Wildman–Crippen LogP) is 4.12.